The minimum absolute atomic E-state index is 0.275. The monoisotopic (exact) mass is 163 g/mol. The molecule has 0 saturated heterocycles. The number of hydrogen-bond donors (Lipinski definition) is 1. The van der Waals surface area contributed by atoms with E-state index in [1.807, 2.05) is 0 Å². The van der Waals surface area contributed by atoms with Gasteiger partial charge in [-0.15, -0.1) is 0 Å². The van der Waals surface area contributed by atoms with Crippen molar-refractivity contribution in [3.8, 4) is 6.07 Å². The van der Waals surface area contributed by atoms with Crippen molar-refractivity contribution in [2.75, 3.05) is 5.73 Å². The van der Waals surface area contributed by atoms with Crippen LogP contribution in [0.4, 0.5) is 10.1 Å². The molecule has 1 aromatic heterocycles. The van der Waals surface area contributed by atoms with Crippen LogP contribution < -0.4 is 5.73 Å². The first-order valence-electron chi connectivity index (χ1n) is 3.22. The smallest absolute Gasteiger partial charge is 0.213 e. The fourth-order valence-corrected chi connectivity index (χ4v) is 0.711. The quantitative estimate of drug-likeness (QED) is 0.502. The van der Waals surface area contributed by atoms with E-state index in [0.717, 1.165) is 0 Å². The third kappa shape index (κ3) is 1.80. The number of halogens is 1. The second-order valence-electron chi connectivity index (χ2n) is 2.07. The standard InChI is InChI=1S/C8H6FN3/c9-8-4-3-6(11)7(12-8)2-1-5-10/h1-4H,11H2. The highest BCUT2D eigenvalue weighted by molar-refractivity contribution is 5.61. The molecule has 0 aliphatic rings. The van der Waals surface area contributed by atoms with Crippen LogP contribution in [0, 0.1) is 17.3 Å². The Kier molecular flexibility index (Phi) is 2.38. The molecule has 1 rings (SSSR count). The number of nitrogen functional groups attached to an aromatic ring is 1. The molecule has 4 heteroatoms. The summed E-state index contributed by atoms with van der Waals surface area (Å²) in [5.74, 6) is -0.609. The van der Waals surface area contributed by atoms with Crippen LogP contribution in [0.25, 0.3) is 6.08 Å². The summed E-state index contributed by atoms with van der Waals surface area (Å²) >= 11 is 0. The van der Waals surface area contributed by atoms with E-state index in [0.29, 0.717) is 5.69 Å². The molecule has 0 spiro atoms. The zero-order valence-corrected chi connectivity index (χ0v) is 6.16. The van der Waals surface area contributed by atoms with E-state index < -0.39 is 5.95 Å². The van der Waals surface area contributed by atoms with Gasteiger partial charge in [-0.3, -0.25) is 0 Å². The zero-order chi connectivity index (χ0) is 8.97. The van der Waals surface area contributed by atoms with Gasteiger partial charge in [-0.1, -0.05) is 0 Å². The van der Waals surface area contributed by atoms with Gasteiger partial charge >= 0.3 is 0 Å². The van der Waals surface area contributed by atoms with E-state index >= 15 is 0 Å². The molecule has 3 nitrogen and oxygen atoms in total. The van der Waals surface area contributed by atoms with Crippen molar-refractivity contribution >= 4 is 11.8 Å². The molecule has 0 aliphatic carbocycles. The molecule has 0 saturated carbocycles. The predicted molar refractivity (Wildman–Crippen MR) is 43.3 cm³/mol. The molecular formula is C8H6FN3. The van der Waals surface area contributed by atoms with E-state index in [4.69, 9.17) is 11.0 Å². The third-order valence-corrected chi connectivity index (χ3v) is 1.24. The molecule has 0 amide bonds. The zero-order valence-electron chi connectivity index (χ0n) is 6.16. The molecule has 0 atom stereocenters. The Morgan fingerprint density at radius 2 is 2.33 bits per heavy atom. The van der Waals surface area contributed by atoms with Crippen molar-refractivity contribution in [2.45, 2.75) is 0 Å². The van der Waals surface area contributed by atoms with E-state index in [9.17, 15) is 4.39 Å². The summed E-state index contributed by atoms with van der Waals surface area (Å²) in [6.45, 7) is 0. The molecule has 0 radical (unpaired) electrons. The normalized spacial score (nSPS) is 10.0. The molecule has 0 bridgehead atoms. The lowest BCUT2D eigenvalue weighted by molar-refractivity contribution is 0.583. The Morgan fingerprint density at radius 1 is 1.58 bits per heavy atom. The van der Waals surface area contributed by atoms with Crippen LogP contribution in [-0.4, -0.2) is 4.98 Å². The molecule has 0 aromatic carbocycles. The predicted octanol–water partition coefficient (Wildman–Crippen LogP) is 1.34. The van der Waals surface area contributed by atoms with Crippen molar-refractivity contribution in [1.29, 1.82) is 5.26 Å². The largest absolute Gasteiger partial charge is 0.397 e. The number of rotatable bonds is 1. The van der Waals surface area contributed by atoms with Gasteiger partial charge in [-0.2, -0.15) is 9.65 Å². The summed E-state index contributed by atoms with van der Waals surface area (Å²) in [7, 11) is 0. The van der Waals surface area contributed by atoms with Crippen molar-refractivity contribution in [2.24, 2.45) is 0 Å². The molecular weight excluding hydrogens is 157 g/mol. The molecule has 0 aliphatic heterocycles. The molecule has 0 unspecified atom stereocenters. The Hall–Kier alpha value is -1.89. The number of aromatic nitrogens is 1. The number of anilines is 1. The summed E-state index contributed by atoms with van der Waals surface area (Å²) in [6.07, 6.45) is 2.55. The molecule has 1 aromatic rings. The number of nitrogens with zero attached hydrogens (tertiary/aromatic N) is 2. The summed E-state index contributed by atoms with van der Waals surface area (Å²) < 4.78 is 12.5. The van der Waals surface area contributed by atoms with Gasteiger partial charge in [0.25, 0.3) is 0 Å². The lowest BCUT2D eigenvalue weighted by atomic mass is 10.3. The van der Waals surface area contributed by atoms with Crippen molar-refractivity contribution in [3.05, 3.63) is 29.9 Å². The van der Waals surface area contributed by atoms with Crippen LogP contribution in [0.2, 0.25) is 0 Å². The number of allylic oxidation sites excluding steroid dienone is 1. The van der Waals surface area contributed by atoms with Crippen LogP contribution in [0.3, 0.4) is 0 Å². The van der Waals surface area contributed by atoms with Crippen LogP contribution in [-0.2, 0) is 0 Å². The van der Waals surface area contributed by atoms with Gasteiger partial charge in [-0.25, -0.2) is 4.98 Å². The van der Waals surface area contributed by atoms with Crippen molar-refractivity contribution in [1.82, 2.24) is 4.98 Å². The van der Waals surface area contributed by atoms with Gasteiger partial charge < -0.3 is 5.73 Å². The highest BCUT2D eigenvalue weighted by atomic mass is 19.1. The first kappa shape index (κ1) is 8.21. The van der Waals surface area contributed by atoms with E-state index in [1.165, 1.54) is 24.3 Å². The SMILES string of the molecule is N#CC=Cc1nc(F)ccc1N. The average molecular weight is 163 g/mol. The van der Waals surface area contributed by atoms with Gasteiger partial charge in [0.1, 0.15) is 0 Å². The van der Waals surface area contributed by atoms with Crippen molar-refractivity contribution < 1.29 is 4.39 Å². The second kappa shape index (κ2) is 3.49. The van der Waals surface area contributed by atoms with Crippen LogP contribution >= 0.6 is 0 Å². The fraction of sp³-hybridized carbons (Fsp3) is 0. The Morgan fingerprint density at radius 3 is 3.00 bits per heavy atom. The lowest BCUT2D eigenvalue weighted by Crippen LogP contribution is -1.94. The van der Waals surface area contributed by atoms with E-state index in [2.05, 4.69) is 4.98 Å². The first-order valence-corrected chi connectivity index (χ1v) is 3.22. The van der Waals surface area contributed by atoms with Crippen LogP contribution in [0.15, 0.2) is 18.2 Å². The Labute approximate surface area is 69.0 Å². The maximum atomic E-state index is 12.5. The number of nitrogens with two attached hydrogens (primary N) is 1. The van der Waals surface area contributed by atoms with Crippen molar-refractivity contribution in [3.63, 3.8) is 0 Å². The second-order valence-corrected chi connectivity index (χ2v) is 2.07. The maximum Gasteiger partial charge on any atom is 0.213 e. The highest BCUT2D eigenvalue weighted by Gasteiger charge is 1.97. The van der Waals surface area contributed by atoms with Gasteiger partial charge in [0.15, 0.2) is 0 Å². The molecule has 12 heavy (non-hydrogen) atoms. The van der Waals surface area contributed by atoms with Gasteiger partial charge in [0.05, 0.1) is 17.5 Å². The van der Waals surface area contributed by atoms with Crippen LogP contribution in [0.5, 0.6) is 0 Å². The van der Waals surface area contributed by atoms with Gasteiger partial charge in [0.2, 0.25) is 5.95 Å². The maximum absolute atomic E-state index is 12.5. The minimum Gasteiger partial charge on any atom is -0.397 e. The summed E-state index contributed by atoms with van der Waals surface area (Å²) in [5, 5.41) is 8.19. The van der Waals surface area contributed by atoms with E-state index in [1.54, 1.807) is 6.07 Å². The summed E-state index contributed by atoms with van der Waals surface area (Å²) in [4.78, 5) is 3.48. The highest BCUT2D eigenvalue weighted by Crippen LogP contribution is 2.10. The van der Waals surface area contributed by atoms with Gasteiger partial charge in [-0.05, 0) is 18.2 Å². The molecule has 60 valence electrons. The number of nitriles is 1. The fourth-order valence-electron chi connectivity index (χ4n) is 0.711. The first-order chi connectivity index (χ1) is 5.74. The third-order valence-electron chi connectivity index (χ3n) is 1.24. The average Bonchev–Trinajstić information content (AvgIpc) is 2.07. The van der Waals surface area contributed by atoms with Gasteiger partial charge in [0, 0.05) is 6.08 Å². The summed E-state index contributed by atoms with van der Waals surface area (Å²) in [5.41, 5.74) is 6.06. The number of hydrogen-bond acceptors (Lipinski definition) is 3. The minimum atomic E-state index is -0.609. The van der Waals surface area contributed by atoms with E-state index in [-0.39, 0.29) is 5.69 Å². The molecule has 1 heterocycles. The Bertz CT molecular complexity index is 352. The molecule has 2 N–H and O–H groups in total. The summed E-state index contributed by atoms with van der Waals surface area (Å²) in [6, 6.07) is 4.33. The Balaban J connectivity index is 3.07. The molecule has 0 fully saturated rings. The van der Waals surface area contributed by atoms with Crippen LogP contribution in [0.1, 0.15) is 5.69 Å². The topological polar surface area (TPSA) is 62.7 Å². The lowest BCUT2D eigenvalue weighted by Gasteiger charge is -1.96. The number of pyridine rings is 1.